The van der Waals surface area contributed by atoms with Crippen LogP contribution >= 0.6 is 11.6 Å². The molecule has 2 heterocycles. The van der Waals surface area contributed by atoms with Gasteiger partial charge in [0.25, 0.3) is 0 Å². The summed E-state index contributed by atoms with van der Waals surface area (Å²) < 4.78 is 0. The number of pyridine rings is 1. The lowest BCUT2D eigenvalue weighted by Gasteiger charge is -2.24. The first-order valence-corrected chi connectivity index (χ1v) is 7.98. The number of hydrogen-bond acceptors (Lipinski definition) is 3. The summed E-state index contributed by atoms with van der Waals surface area (Å²) in [6.45, 7) is 9.43. The maximum atomic E-state index is 6.43. The molecular formula is C16H26ClN3. The van der Waals surface area contributed by atoms with Crippen LogP contribution < -0.4 is 10.2 Å². The van der Waals surface area contributed by atoms with E-state index in [0.29, 0.717) is 0 Å². The molecule has 3 nitrogen and oxygen atoms in total. The lowest BCUT2D eigenvalue weighted by Crippen LogP contribution is -2.35. The van der Waals surface area contributed by atoms with Gasteiger partial charge in [0.15, 0.2) is 0 Å². The smallest absolute Gasteiger partial charge is 0.147 e. The van der Waals surface area contributed by atoms with Crippen LogP contribution in [0.3, 0.4) is 0 Å². The Balaban J connectivity index is 2.05. The Hall–Kier alpha value is -0.800. The predicted octanol–water partition coefficient (Wildman–Crippen LogP) is 4.00. The Kier molecular flexibility index (Phi) is 5.28. The van der Waals surface area contributed by atoms with Crippen molar-refractivity contribution in [2.75, 3.05) is 18.0 Å². The van der Waals surface area contributed by atoms with Crippen LogP contribution in [0.5, 0.6) is 0 Å². The number of halogens is 1. The molecule has 0 saturated carbocycles. The molecule has 0 aliphatic carbocycles. The van der Waals surface area contributed by atoms with Crippen LogP contribution in [0.1, 0.15) is 52.0 Å². The van der Waals surface area contributed by atoms with Crippen LogP contribution in [-0.4, -0.2) is 23.6 Å². The summed E-state index contributed by atoms with van der Waals surface area (Å²) in [5, 5.41) is 4.24. The van der Waals surface area contributed by atoms with E-state index in [0.717, 1.165) is 36.0 Å². The van der Waals surface area contributed by atoms with Crippen molar-refractivity contribution < 1.29 is 0 Å². The summed E-state index contributed by atoms with van der Waals surface area (Å²) in [6, 6.07) is 2.05. The second-order valence-corrected chi connectivity index (χ2v) is 7.06. The number of nitrogens with one attached hydrogen (secondary N) is 1. The van der Waals surface area contributed by atoms with Gasteiger partial charge in [-0.1, -0.05) is 24.4 Å². The molecule has 1 N–H and O–H groups in total. The molecule has 1 aromatic rings. The van der Waals surface area contributed by atoms with Crippen molar-refractivity contribution in [1.82, 2.24) is 10.3 Å². The highest BCUT2D eigenvalue weighted by molar-refractivity contribution is 6.33. The first-order chi connectivity index (χ1) is 9.46. The number of anilines is 1. The third kappa shape index (κ3) is 4.64. The van der Waals surface area contributed by atoms with Crippen LogP contribution in [-0.2, 0) is 6.54 Å². The molecule has 0 unspecified atom stereocenters. The molecule has 20 heavy (non-hydrogen) atoms. The molecular weight excluding hydrogens is 270 g/mol. The monoisotopic (exact) mass is 295 g/mol. The maximum absolute atomic E-state index is 6.43. The molecule has 1 aliphatic heterocycles. The molecule has 1 saturated heterocycles. The first kappa shape index (κ1) is 15.6. The number of hydrogen-bond donors (Lipinski definition) is 1. The van der Waals surface area contributed by atoms with Crippen LogP contribution in [0, 0.1) is 0 Å². The average molecular weight is 296 g/mol. The van der Waals surface area contributed by atoms with E-state index < -0.39 is 0 Å². The Morgan fingerprint density at radius 2 is 1.85 bits per heavy atom. The van der Waals surface area contributed by atoms with Gasteiger partial charge in [-0.25, -0.2) is 4.98 Å². The van der Waals surface area contributed by atoms with Gasteiger partial charge in [0.2, 0.25) is 0 Å². The minimum Gasteiger partial charge on any atom is -0.355 e. The second-order valence-electron chi connectivity index (χ2n) is 6.65. The fraction of sp³-hybridized carbons (Fsp3) is 0.688. The van der Waals surface area contributed by atoms with Crippen molar-refractivity contribution in [3.63, 3.8) is 0 Å². The van der Waals surface area contributed by atoms with Gasteiger partial charge < -0.3 is 10.2 Å². The second kappa shape index (κ2) is 6.77. The van der Waals surface area contributed by atoms with Gasteiger partial charge in [-0.15, -0.1) is 0 Å². The Bertz CT molecular complexity index is 432. The Morgan fingerprint density at radius 1 is 1.20 bits per heavy atom. The third-order valence-electron chi connectivity index (χ3n) is 3.61. The minimum absolute atomic E-state index is 0.107. The lowest BCUT2D eigenvalue weighted by atomic mass is 10.1. The van der Waals surface area contributed by atoms with E-state index in [9.17, 15) is 0 Å². The van der Waals surface area contributed by atoms with E-state index in [1.807, 2.05) is 12.3 Å². The largest absolute Gasteiger partial charge is 0.355 e. The van der Waals surface area contributed by atoms with Crippen molar-refractivity contribution in [3.8, 4) is 0 Å². The molecule has 0 amide bonds. The van der Waals surface area contributed by atoms with Gasteiger partial charge in [0, 0.05) is 31.4 Å². The molecule has 2 rings (SSSR count). The summed E-state index contributed by atoms with van der Waals surface area (Å²) in [5.41, 5.74) is 1.25. The first-order valence-electron chi connectivity index (χ1n) is 7.60. The molecule has 1 fully saturated rings. The van der Waals surface area contributed by atoms with E-state index in [-0.39, 0.29) is 5.54 Å². The standard InChI is InChI=1S/C16H26ClN3/c1-16(2,3)19-12-13-10-14(17)15(18-11-13)20-8-6-4-5-7-9-20/h10-11,19H,4-9,12H2,1-3H3. The summed E-state index contributed by atoms with van der Waals surface area (Å²) in [6.07, 6.45) is 7.07. The zero-order chi connectivity index (χ0) is 14.6. The molecule has 1 aromatic heterocycles. The average Bonchev–Trinajstić information content (AvgIpc) is 2.64. The molecule has 0 atom stereocenters. The molecule has 4 heteroatoms. The summed E-state index contributed by atoms with van der Waals surface area (Å²) in [7, 11) is 0. The fourth-order valence-electron chi connectivity index (χ4n) is 2.45. The van der Waals surface area contributed by atoms with E-state index in [2.05, 4.69) is 36.0 Å². The normalized spacial score (nSPS) is 17.1. The summed E-state index contributed by atoms with van der Waals surface area (Å²) in [5.74, 6) is 0.952. The zero-order valence-electron chi connectivity index (χ0n) is 12.9. The van der Waals surface area contributed by atoms with Crippen molar-refractivity contribution in [2.24, 2.45) is 0 Å². The third-order valence-corrected chi connectivity index (χ3v) is 3.88. The predicted molar refractivity (Wildman–Crippen MR) is 86.5 cm³/mol. The van der Waals surface area contributed by atoms with E-state index in [4.69, 9.17) is 11.6 Å². The van der Waals surface area contributed by atoms with E-state index >= 15 is 0 Å². The van der Waals surface area contributed by atoms with Gasteiger partial charge in [-0.2, -0.15) is 0 Å². The highest BCUT2D eigenvalue weighted by Gasteiger charge is 2.15. The molecule has 0 spiro atoms. The van der Waals surface area contributed by atoms with E-state index in [1.165, 1.54) is 25.7 Å². The highest BCUT2D eigenvalue weighted by Crippen LogP contribution is 2.26. The zero-order valence-corrected chi connectivity index (χ0v) is 13.6. The highest BCUT2D eigenvalue weighted by atomic mass is 35.5. The van der Waals surface area contributed by atoms with Crippen LogP contribution in [0.15, 0.2) is 12.3 Å². The maximum Gasteiger partial charge on any atom is 0.147 e. The van der Waals surface area contributed by atoms with Gasteiger partial charge in [-0.05, 0) is 45.2 Å². The van der Waals surface area contributed by atoms with E-state index in [1.54, 1.807) is 0 Å². The van der Waals surface area contributed by atoms with Crippen LogP contribution in [0.4, 0.5) is 5.82 Å². The van der Waals surface area contributed by atoms with Crippen molar-refractivity contribution in [3.05, 3.63) is 22.8 Å². The molecule has 0 aromatic carbocycles. The van der Waals surface area contributed by atoms with Crippen LogP contribution in [0.25, 0.3) is 0 Å². The number of rotatable bonds is 3. The quantitative estimate of drug-likeness (QED) is 0.913. The van der Waals surface area contributed by atoms with Crippen LogP contribution in [0.2, 0.25) is 5.02 Å². The summed E-state index contributed by atoms with van der Waals surface area (Å²) >= 11 is 6.43. The molecule has 0 radical (unpaired) electrons. The van der Waals surface area contributed by atoms with Gasteiger partial charge >= 0.3 is 0 Å². The van der Waals surface area contributed by atoms with Gasteiger partial charge in [-0.3, -0.25) is 0 Å². The fourth-order valence-corrected chi connectivity index (χ4v) is 2.76. The number of nitrogens with zero attached hydrogens (tertiary/aromatic N) is 2. The topological polar surface area (TPSA) is 28.2 Å². The number of aromatic nitrogens is 1. The van der Waals surface area contributed by atoms with Gasteiger partial charge in [0.1, 0.15) is 5.82 Å². The Morgan fingerprint density at radius 3 is 2.40 bits per heavy atom. The molecule has 0 bridgehead atoms. The lowest BCUT2D eigenvalue weighted by molar-refractivity contribution is 0.424. The van der Waals surface area contributed by atoms with Crippen molar-refractivity contribution in [1.29, 1.82) is 0 Å². The molecule has 112 valence electrons. The van der Waals surface area contributed by atoms with Crippen molar-refractivity contribution in [2.45, 2.75) is 58.5 Å². The minimum atomic E-state index is 0.107. The van der Waals surface area contributed by atoms with Gasteiger partial charge in [0.05, 0.1) is 5.02 Å². The Labute approximate surface area is 127 Å². The molecule has 1 aliphatic rings. The summed E-state index contributed by atoms with van der Waals surface area (Å²) in [4.78, 5) is 6.93. The SMILES string of the molecule is CC(C)(C)NCc1cnc(N2CCCCCC2)c(Cl)c1. The van der Waals surface area contributed by atoms with Crippen molar-refractivity contribution >= 4 is 17.4 Å².